The fourth-order valence-electron chi connectivity index (χ4n) is 6.62. The summed E-state index contributed by atoms with van der Waals surface area (Å²) in [5.74, 6) is 0.132. The lowest BCUT2D eigenvalue weighted by Gasteiger charge is -2.46. The minimum Gasteiger partial charge on any atom is -0.394 e. The van der Waals surface area contributed by atoms with Gasteiger partial charge in [0.2, 0.25) is 5.91 Å². The van der Waals surface area contributed by atoms with Gasteiger partial charge in [-0.3, -0.25) is 9.59 Å². The van der Waals surface area contributed by atoms with Gasteiger partial charge in [-0.05, 0) is 26.2 Å². The van der Waals surface area contributed by atoms with Gasteiger partial charge in [0.15, 0.2) is 18.9 Å². The molecule has 0 aromatic carbocycles. The average Bonchev–Trinajstić information content (AvgIpc) is 3.15. The van der Waals surface area contributed by atoms with E-state index < -0.39 is 112 Å². The summed E-state index contributed by atoms with van der Waals surface area (Å²) in [6, 6.07) is 0. The normalized spacial score (nSPS) is 37.3. The van der Waals surface area contributed by atoms with Crippen molar-refractivity contribution < 1.29 is 89.1 Å². The van der Waals surface area contributed by atoms with E-state index >= 15 is 0 Å². The van der Waals surface area contributed by atoms with Gasteiger partial charge in [0.1, 0.15) is 79.0 Å². The van der Waals surface area contributed by atoms with Crippen LogP contribution in [0.25, 0.3) is 0 Å². The van der Waals surface area contributed by atoms with E-state index in [1.165, 1.54) is 0 Å². The molecule has 0 aromatic rings. The molecule has 3 aliphatic heterocycles. The number of carbonyl (C=O) groups is 2. The van der Waals surface area contributed by atoms with Gasteiger partial charge in [0.05, 0.1) is 26.4 Å². The molecule has 0 aromatic heterocycles. The Morgan fingerprint density at radius 1 is 0.537 bits per heavy atom. The monoisotopic (exact) mass is 785 g/mol. The molecule has 3 saturated heterocycles. The van der Waals surface area contributed by atoms with E-state index in [4.69, 9.17) is 28.4 Å². The topological polar surface area (TPSA) is 304 Å². The molecular weight excluding hydrogens is 722 g/mol. The number of rotatable bonds is 24. The van der Waals surface area contributed by atoms with Crippen molar-refractivity contribution in [2.75, 3.05) is 33.0 Å². The van der Waals surface area contributed by atoms with Crippen molar-refractivity contribution in [2.24, 2.45) is 0 Å². The van der Waals surface area contributed by atoms with E-state index in [2.05, 4.69) is 5.32 Å². The second kappa shape index (κ2) is 24.3. The Labute approximate surface area is 315 Å². The third-order valence-corrected chi connectivity index (χ3v) is 9.92. The van der Waals surface area contributed by atoms with Crippen LogP contribution >= 0.6 is 0 Å². The predicted molar refractivity (Wildman–Crippen MR) is 184 cm³/mol. The smallest absolute Gasteiger partial charge is 0.219 e. The van der Waals surface area contributed by atoms with Crippen molar-refractivity contribution in [3.8, 4) is 0 Å². The third-order valence-electron chi connectivity index (χ3n) is 9.92. The van der Waals surface area contributed by atoms with Gasteiger partial charge in [-0.2, -0.15) is 0 Å². The van der Waals surface area contributed by atoms with Crippen molar-refractivity contribution in [2.45, 2.75) is 176 Å². The second-order valence-electron chi connectivity index (χ2n) is 14.1. The Kier molecular flexibility index (Phi) is 21.1. The molecule has 3 heterocycles. The molecule has 19 nitrogen and oxygen atoms in total. The Morgan fingerprint density at radius 3 is 1.59 bits per heavy atom. The maximum absolute atomic E-state index is 12.5. The first-order chi connectivity index (χ1) is 25.8. The summed E-state index contributed by atoms with van der Waals surface area (Å²) in [4.78, 5) is 24.0. The number of aliphatic hydroxyl groups is 10. The second-order valence-corrected chi connectivity index (χ2v) is 14.1. The van der Waals surface area contributed by atoms with Gasteiger partial charge in [-0.1, -0.05) is 38.5 Å². The van der Waals surface area contributed by atoms with Gasteiger partial charge in [0, 0.05) is 25.8 Å². The van der Waals surface area contributed by atoms with E-state index in [1.54, 1.807) is 0 Å². The molecule has 0 bridgehead atoms. The summed E-state index contributed by atoms with van der Waals surface area (Å²) in [7, 11) is 0. The van der Waals surface area contributed by atoms with Crippen molar-refractivity contribution in [1.29, 1.82) is 0 Å². The van der Waals surface area contributed by atoms with Crippen LogP contribution in [0.1, 0.15) is 84.0 Å². The minimum atomic E-state index is -1.87. The fraction of sp³-hybridized carbons (Fsp3) is 0.943. The number of hydrogen-bond acceptors (Lipinski definition) is 18. The molecular formula is C35H63NO18. The molecule has 1 amide bonds. The summed E-state index contributed by atoms with van der Waals surface area (Å²) in [5.41, 5.74) is 0. The number of carbonyl (C=O) groups excluding carboxylic acids is 2. The zero-order chi connectivity index (χ0) is 39.8. The SMILES string of the molecule is CCNC(=O)CCCCCCCCCCC(=O)CCCO[C@@H]1O[C@H](CO[C@H]2O[C@H](CO)[C@@H](O)[C@H](O)[C@@H]2O)[C@@H](O)[C@H](O[C@H]2O[C@H](CO)[C@@H](O)[C@H](O)[C@@H]2O)[C@@H]1O. The van der Waals surface area contributed by atoms with Crippen LogP contribution in [0, 0.1) is 0 Å². The predicted octanol–water partition coefficient (Wildman–Crippen LogP) is -3.16. The lowest BCUT2D eigenvalue weighted by Crippen LogP contribution is -2.65. The van der Waals surface area contributed by atoms with Gasteiger partial charge in [0.25, 0.3) is 0 Å². The molecule has 15 atom stereocenters. The molecule has 316 valence electrons. The largest absolute Gasteiger partial charge is 0.394 e. The first kappa shape index (κ1) is 46.9. The minimum absolute atomic E-state index is 0.0409. The first-order valence-corrected chi connectivity index (χ1v) is 19.1. The lowest BCUT2D eigenvalue weighted by atomic mass is 9.96. The molecule has 0 saturated carbocycles. The van der Waals surface area contributed by atoms with Crippen LogP contribution in [0.3, 0.4) is 0 Å². The molecule has 3 fully saturated rings. The number of Topliss-reactive ketones (excluding diaryl/α,β-unsaturated/α-hetero) is 1. The Bertz CT molecular complexity index is 1070. The molecule has 0 aliphatic carbocycles. The van der Waals surface area contributed by atoms with Crippen LogP contribution in [-0.4, -0.2) is 188 Å². The first-order valence-electron chi connectivity index (χ1n) is 19.1. The average molecular weight is 786 g/mol. The zero-order valence-electron chi connectivity index (χ0n) is 30.9. The highest BCUT2D eigenvalue weighted by Crippen LogP contribution is 2.31. The van der Waals surface area contributed by atoms with E-state index in [1.807, 2.05) is 6.92 Å². The Hall–Kier alpha value is -1.50. The van der Waals surface area contributed by atoms with Crippen LogP contribution in [0.4, 0.5) is 0 Å². The van der Waals surface area contributed by atoms with Gasteiger partial charge in [-0.15, -0.1) is 0 Å². The van der Waals surface area contributed by atoms with Crippen LogP contribution in [0.2, 0.25) is 0 Å². The molecule has 11 N–H and O–H groups in total. The van der Waals surface area contributed by atoms with Gasteiger partial charge in [-0.25, -0.2) is 0 Å². The molecule has 0 radical (unpaired) electrons. The highest BCUT2D eigenvalue weighted by molar-refractivity contribution is 5.78. The van der Waals surface area contributed by atoms with Crippen molar-refractivity contribution in [3.05, 3.63) is 0 Å². The van der Waals surface area contributed by atoms with E-state index in [-0.39, 0.29) is 31.1 Å². The number of unbranched alkanes of at least 4 members (excludes halogenated alkanes) is 7. The third kappa shape index (κ3) is 13.9. The quantitative estimate of drug-likeness (QED) is 0.0430. The lowest BCUT2D eigenvalue weighted by molar-refractivity contribution is -0.366. The maximum Gasteiger partial charge on any atom is 0.219 e. The summed E-state index contributed by atoms with van der Waals surface area (Å²) in [5, 5.41) is 106. The highest BCUT2D eigenvalue weighted by Gasteiger charge is 2.52. The number of ketones is 1. The van der Waals surface area contributed by atoms with E-state index in [0.717, 1.165) is 51.4 Å². The molecule has 3 aliphatic rings. The molecule has 0 unspecified atom stereocenters. The van der Waals surface area contributed by atoms with Crippen LogP contribution in [-0.2, 0) is 38.0 Å². The number of hydrogen-bond donors (Lipinski definition) is 11. The summed E-state index contributed by atoms with van der Waals surface area (Å²) < 4.78 is 33.5. The zero-order valence-corrected chi connectivity index (χ0v) is 30.9. The number of ether oxygens (including phenoxy) is 6. The van der Waals surface area contributed by atoms with Crippen molar-refractivity contribution in [3.63, 3.8) is 0 Å². The number of amides is 1. The Balaban J connectivity index is 1.49. The maximum atomic E-state index is 12.5. The van der Waals surface area contributed by atoms with E-state index in [0.29, 0.717) is 19.4 Å². The van der Waals surface area contributed by atoms with Crippen LogP contribution < -0.4 is 5.32 Å². The summed E-state index contributed by atoms with van der Waals surface area (Å²) >= 11 is 0. The molecule has 3 rings (SSSR count). The molecule has 0 spiro atoms. The van der Waals surface area contributed by atoms with E-state index in [9.17, 15) is 60.7 Å². The standard InChI is InChI=1S/C35H63NO18/c1-2-36-23(40)14-10-8-6-4-3-5-7-9-12-19(39)13-11-15-49-34-31(48)32(54-35-30(47)28(45)25(42)21(17-38)52-35)26(43)22(53-34)18-50-33-29(46)27(44)24(41)20(16-37)51-33/h20-22,24-35,37-38,41-48H,2-18H2,1H3,(H,36,40)/t20-,21-,22-,24-,25-,26-,27+,28+,29+,30+,31+,32+,33+,34-,35-/m1/s1. The summed E-state index contributed by atoms with van der Waals surface area (Å²) in [6.07, 6.45) is -15.3. The summed E-state index contributed by atoms with van der Waals surface area (Å²) in [6.45, 7) is 0.435. The Morgan fingerprint density at radius 2 is 1.02 bits per heavy atom. The number of nitrogens with one attached hydrogen (secondary N) is 1. The molecule has 19 heteroatoms. The van der Waals surface area contributed by atoms with Gasteiger partial charge < -0.3 is 84.8 Å². The van der Waals surface area contributed by atoms with Crippen molar-refractivity contribution in [1.82, 2.24) is 5.32 Å². The van der Waals surface area contributed by atoms with Crippen molar-refractivity contribution >= 4 is 11.7 Å². The highest BCUT2D eigenvalue weighted by atomic mass is 16.7. The van der Waals surface area contributed by atoms with Gasteiger partial charge >= 0.3 is 0 Å². The molecule has 54 heavy (non-hydrogen) atoms. The van der Waals surface area contributed by atoms with Crippen LogP contribution in [0.5, 0.6) is 0 Å². The fourth-order valence-corrected chi connectivity index (χ4v) is 6.62. The number of aliphatic hydroxyl groups excluding tert-OH is 10. The van der Waals surface area contributed by atoms with Crippen LogP contribution in [0.15, 0.2) is 0 Å².